The Hall–Kier alpha value is -2.55. The molecule has 6 heteroatoms. The lowest BCUT2D eigenvalue weighted by molar-refractivity contribution is -0.139. The van der Waals surface area contributed by atoms with Crippen molar-refractivity contribution in [3.8, 4) is 11.8 Å². The van der Waals surface area contributed by atoms with Gasteiger partial charge in [0.05, 0.1) is 17.2 Å². The fourth-order valence-corrected chi connectivity index (χ4v) is 1.80. The van der Waals surface area contributed by atoms with Gasteiger partial charge in [-0.1, -0.05) is 0 Å². The van der Waals surface area contributed by atoms with E-state index in [1.807, 2.05) is 6.92 Å². The van der Waals surface area contributed by atoms with Crippen molar-refractivity contribution in [1.29, 1.82) is 5.26 Å². The Labute approximate surface area is 119 Å². The number of nitrogens with zero attached hydrogens (tertiary/aromatic N) is 2. The summed E-state index contributed by atoms with van der Waals surface area (Å²) < 4.78 is 44.1. The molecule has 1 heterocycles. The molecule has 0 N–H and O–H groups in total. The highest BCUT2D eigenvalue weighted by molar-refractivity contribution is 5.43. The Morgan fingerprint density at radius 1 is 1.24 bits per heavy atom. The normalized spacial score (nSPS) is 11.0. The van der Waals surface area contributed by atoms with Crippen LogP contribution in [0.4, 0.5) is 13.2 Å². The Bertz CT molecular complexity index is 690. The van der Waals surface area contributed by atoms with Gasteiger partial charge in [-0.05, 0) is 36.8 Å². The van der Waals surface area contributed by atoms with Gasteiger partial charge in [-0.2, -0.15) is 18.4 Å². The van der Waals surface area contributed by atoms with E-state index in [9.17, 15) is 13.2 Å². The molecular weight excluding hydrogens is 281 g/mol. The maximum Gasteiger partial charge on any atom is 0.420 e. The first kappa shape index (κ1) is 14.9. The summed E-state index contributed by atoms with van der Waals surface area (Å²) in [6.45, 7) is 1.81. The molecule has 0 atom stereocenters. The second-order valence-corrected chi connectivity index (χ2v) is 4.48. The number of pyridine rings is 1. The molecule has 0 saturated carbocycles. The van der Waals surface area contributed by atoms with E-state index in [0.717, 1.165) is 17.7 Å². The molecule has 0 amide bonds. The number of benzene rings is 1. The van der Waals surface area contributed by atoms with E-state index in [4.69, 9.17) is 10.00 Å². The van der Waals surface area contributed by atoms with Crippen LogP contribution in [0.15, 0.2) is 36.7 Å². The summed E-state index contributed by atoms with van der Waals surface area (Å²) in [5.74, 6) is -0.303. The summed E-state index contributed by atoms with van der Waals surface area (Å²) in [5, 5.41) is 8.69. The van der Waals surface area contributed by atoms with E-state index in [-0.39, 0.29) is 17.9 Å². The number of hydrogen-bond acceptors (Lipinski definition) is 3. The SMILES string of the molecule is Cc1cncc(COc2ccc(C#N)cc2C(F)(F)F)c1. The van der Waals surface area contributed by atoms with Gasteiger partial charge in [-0.3, -0.25) is 4.98 Å². The summed E-state index contributed by atoms with van der Waals surface area (Å²) in [6, 6.07) is 6.69. The fourth-order valence-electron chi connectivity index (χ4n) is 1.80. The number of nitriles is 1. The van der Waals surface area contributed by atoms with Crippen LogP contribution >= 0.6 is 0 Å². The van der Waals surface area contributed by atoms with E-state index in [0.29, 0.717) is 5.56 Å². The Morgan fingerprint density at radius 2 is 2.00 bits per heavy atom. The average Bonchev–Trinajstić information content (AvgIpc) is 2.44. The van der Waals surface area contributed by atoms with Gasteiger partial charge in [0.2, 0.25) is 0 Å². The first-order chi connectivity index (χ1) is 9.90. The van der Waals surface area contributed by atoms with Crippen LogP contribution < -0.4 is 4.74 Å². The number of aromatic nitrogens is 1. The minimum absolute atomic E-state index is 0.0241. The molecular formula is C15H11F3N2O. The molecule has 0 fully saturated rings. The Morgan fingerprint density at radius 3 is 2.62 bits per heavy atom. The summed E-state index contributed by atoms with van der Waals surface area (Å²) in [6.07, 6.45) is -1.40. The molecule has 0 aliphatic carbocycles. The minimum atomic E-state index is -4.58. The Balaban J connectivity index is 2.26. The van der Waals surface area contributed by atoms with Crippen molar-refractivity contribution in [2.75, 3.05) is 0 Å². The van der Waals surface area contributed by atoms with E-state index < -0.39 is 11.7 Å². The van der Waals surface area contributed by atoms with Gasteiger partial charge in [0.1, 0.15) is 12.4 Å². The predicted molar refractivity (Wildman–Crippen MR) is 69.5 cm³/mol. The molecule has 3 nitrogen and oxygen atoms in total. The molecule has 0 aliphatic heterocycles. The predicted octanol–water partition coefficient (Wildman–Crippen LogP) is 3.86. The first-order valence-electron chi connectivity index (χ1n) is 6.05. The van der Waals surface area contributed by atoms with Crippen molar-refractivity contribution in [2.24, 2.45) is 0 Å². The van der Waals surface area contributed by atoms with E-state index in [2.05, 4.69) is 4.98 Å². The second kappa shape index (κ2) is 5.83. The monoisotopic (exact) mass is 292 g/mol. The highest BCUT2D eigenvalue weighted by Gasteiger charge is 2.34. The van der Waals surface area contributed by atoms with Crippen LogP contribution in [0.5, 0.6) is 5.75 Å². The maximum absolute atomic E-state index is 13.0. The van der Waals surface area contributed by atoms with Gasteiger partial charge in [0, 0.05) is 18.0 Å². The number of halogens is 3. The third-order valence-electron chi connectivity index (χ3n) is 2.74. The highest BCUT2D eigenvalue weighted by Crippen LogP contribution is 2.37. The van der Waals surface area contributed by atoms with E-state index >= 15 is 0 Å². The lowest BCUT2D eigenvalue weighted by atomic mass is 10.1. The van der Waals surface area contributed by atoms with Gasteiger partial charge in [0.25, 0.3) is 0 Å². The van der Waals surface area contributed by atoms with Crippen molar-refractivity contribution >= 4 is 0 Å². The molecule has 2 rings (SSSR count). The topological polar surface area (TPSA) is 45.9 Å². The molecule has 1 aromatic heterocycles. The largest absolute Gasteiger partial charge is 0.488 e. The number of ether oxygens (including phenoxy) is 1. The van der Waals surface area contributed by atoms with Crippen LogP contribution in [0, 0.1) is 18.3 Å². The van der Waals surface area contributed by atoms with Crippen molar-refractivity contribution < 1.29 is 17.9 Å². The molecule has 0 bridgehead atoms. The number of hydrogen-bond donors (Lipinski definition) is 0. The highest BCUT2D eigenvalue weighted by atomic mass is 19.4. The third-order valence-corrected chi connectivity index (χ3v) is 2.74. The third kappa shape index (κ3) is 3.72. The van der Waals surface area contributed by atoms with Gasteiger partial charge < -0.3 is 4.74 Å². The lowest BCUT2D eigenvalue weighted by Crippen LogP contribution is -2.09. The molecule has 108 valence electrons. The number of rotatable bonds is 3. The average molecular weight is 292 g/mol. The summed E-state index contributed by atoms with van der Waals surface area (Å²) in [7, 11) is 0. The lowest BCUT2D eigenvalue weighted by Gasteiger charge is -2.14. The summed E-state index contributed by atoms with van der Waals surface area (Å²) in [4.78, 5) is 3.95. The van der Waals surface area contributed by atoms with Gasteiger partial charge in [-0.25, -0.2) is 0 Å². The van der Waals surface area contributed by atoms with Crippen molar-refractivity contribution in [3.05, 3.63) is 58.9 Å². The van der Waals surface area contributed by atoms with Gasteiger partial charge in [-0.15, -0.1) is 0 Å². The zero-order chi connectivity index (χ0) is 15.5. The number of alkyl halides is 3. The Kier molecular flexibility index (Phi) is 4.13. The molecule has 21 heavy (non-hydrogen) atoms. The first-order valence-corrected chi connectivity index (χ1v) is 6.05. The smallest absolute Gasteiger partial charge is 0.420 e. The summed E-state index contributed by atoms with van der Waals surface area (Å²) in [5.41, 5.74) is 0.550. The maximum atomic E-state index is 13.0. The second-order valence-electron chi connectivity index (χ2n) is 4.48. The van der Waals surface area contributed by atoms with Gasteiger partial charge in [0.15, 0.2) is 0 Å². The zero-order valence-electron chi connectivity index (χ0n) is 11.1. The molecule has 1 aromatic carbocycles. The molecule has 0 radical (unpaired) electrons. The van der Waals surface area contributed by atoms with E-state index in [1.54, 1.807) is 18.3 Å². The van der Waals surface area contributed by atoms with Crippen molar-refractivity contribution in [2.45, 2.75) is 19.7 Å². The van der Waals surface area contributed by atoms with Crippen LogP contribution in [0.1, 0.15) is 22.3 Å². The molecule has 2 aromatic rings. The van der Waals surface area contributed by atoms with Crippen molar-refractivity contribution in [3.63, 3.8) is 0 Å². The molecule has 0 saturated heterocycles. The quantitative estimate of drug-likeness (QED) is 0.863. The summed E-state index contributed by atoms with van der Waals surface area (Å²) >= 11 is 0. The van der Waals surface area contributed by atoms with Crippen LogP contribution in [0.3, 0.4) is 0 Å². The van der Waals surface area contributed by atoms with Crippen LogP contribution in [0.25, 0.3) is 0 Å². The van der Waals surface area contributed by atoms with Gasteiger partial charge >= 0.3 is 6.18 Å². The molecule has 0 unspecified atom stereocenters. The minimum Gasteiger partial charge on any atom is -0.488 e. The zero-order valence-corrected chi connectivity index (χ0v) is 11.1. The van der Waals surface area contributed by atoms with E-state index in [1.165, 1.54) is 12.3 Å². The fraction of sp³-hybridized carbons (Fsp3) is 0.200. The molecule has 0 aliphatic rings. The standard InChI is InChI=1S/C15H11F3N2O/c1-10-4-12(8-20-7-10)9-21-14-3-2-11(6-19)5-13(14)15(16,17)18/h2-5,7-8H,9H2,1H3. The van der Waals surface area contributed by atoms with Crippen molar-refractivity contribution in [1.82, 2.24) is 4.98 Å². The molecule has 0 spiro atoms. The van der Waals surface area contributed by atoms with Crippen LogP contribution in [-0.2, 0) is 12.8 Å². The number of aryl methyl sites for hydroxylation is 1. The van der Waals surface area contributed by atoms with Crippen LogP contribution in [0.2, 0.25) is 0 Å². The van der Waals surface area contributed by atoms with Crippen LogP contribution in [-0.4, -0.2) is 4.98 Å².